The molecule has 0 atom stereocenters. The first-order chi connectivity index (χ1) is 13.8. The van der Waals surface area contributed by atoms with E-state index in [1.165, 1.54) is 0 Å². The van der Waals surface area contributed by atoms with Crippen molar-refractivity contribution in [2.75, 3.05) is 6.54 Å². The van der Waals surface area contributed by atoms with Gasteiger partial charge in [-0.3, -0.25) is 4.79 Å². The molecule has 0 aliphatic heterocycles. The lowest BCUT2D eigenvalue weighted by molar-refractivity contribution is 0.0952. The molecule has 4 rings (SSSR count). The molecule has 3 aromatic heterocycles. The van der Waals surface area contributed by atoms with Crippen LogP contribution in [0.4, 0.5) is 0 Å². The maximum atomic E-state index is 12.6. The summed E-state index contributed by atoms with van der Waals surface area (Å²) >= 11 is 0. The lowest BCUT2D eigenvalue weighted by Crippen LogP contribution is -2.25. The van der Waals surface area contributed by atoms with Crippen LogP contribution in [0.3, 0.4) is 0 Å². The zero-order valence-electron chi connectivity index (χ0n) is 15.2. The van der Waals surface area contributed by atoms with Crippen molar-refractivity contribution >= 4 is 11.6 Å². The van der Waals surface area contributed by atoms with Crippen molar-refractivity contribution in [3.63, 3.8) is 0 Å². The van der Waals surface area contributed by atoms with Crippen LogP contribution >= 0.6 is 0 Å². The molecule has 0 bridgehead atoms. The van der Waals surface area contributed by atoms with Crippen LogP contribution in [0.2, 0.25) is 0 Å². The Morgan fingerprint density at radius 2 is 2.00 bits per heavy atom. The van der Waals surface area contributed by atoms with Gasteiger partial charge in [0, 0.05) is 49.6 Å². The van der Waals surface area contributed by atoms with Crippen molar-refractivity contribution < 1.29 is 4.79 Å². The Kier molecular flexibility index (Phi) is 5.16. The molecule has 1 N–H and O–H groups in total. The number of carbonyl (C=O) groups is 1. The summed E-state index contributed by atoms with van der Waals surface area (Å²) < 4.78 is 3.82. The molecule has 1 aromatic carbocycles. The lowest BCUT2D eigenvalue weighted by atomic mass is 10.1. The highest BCUT2D eigenvalue weighted by molar-refractivity contribution is 5.94. The lowest BCUT2D eigenvalue weighted by Gasteiger charge is -2.07. The van der Waals surface area contributed by atoms with Gasteiger partial charge >= 0.3 is 0 Å². The predicted octanol–water partition coefficient (Wildman–Crippen LogP) is 2.75. The summed E-state index contributed by atoms with van der Waals surface area (Å²) in [5.41, 5.74) is 2.94. The van der Waals surface area contributed by atoms with Gasteiger partial charge in [0.25, 0.3) is 5.91 Å². The van der Waals surface area contributed by atoms with E-state index in [-0.39, 0.29) is 5.91 Å². The van der Waals surface area contributed by atoms with Gasteiger partial charge in [0.1, 0.15) is 0 Å². The van der Waals surface area contributed by atoms with Crippen molar-refractivity contribution in [3.05, 3.63) is 90.4 Å². The Hall–Kier alpha value is -3.85. The molecule has 138 valence electrons. The molecule has 6 heteroatoms. The van der Waals surface area contributed by atoms with Crippen molar-refractivity contribution in [2.45, 2.75) is 13.0 Å². The van der Waals surface area contributed by atoms with Crippen LogP contribution in [-0.2, 0) is 6.54 Å². The Bertz CT molecular complexity index is 1130. The summed E-state index contributed by atoms with van der Waals surface area (Å²) in [6, 6.07) is 11.5. The summed E-state index contributed by atoms with van der Waals surface area (Å²) in [6.07, 6.45) is 11.6. The third kappa shape index (κ3) is 4.10. The van der Waals surface area contributed by atoms with E-state index in [1.807, 2.05) is 51.7 Å². The van der Waals surface area contributed by atoms with Gasteiger partial charge in [-0.1, -0.05) is 30.0 Å². The van der Waals surface area contributed by atoms with Crippen LogP contribution in [0, 0.1) is 11.8 Å². The van der Waals surface area contributed by atoms with Crippen LogP contribution in [-0.4, -0.2) is 31.4 Å². The van der Waals surface area contributed by atoms with Crippen molar-refractivity contribution in [3.8, 4) is 11.8 Å². The van der Waals surface area contributed by atoms with Crippen LogP contribution in [0.5, 0.6) is 0 Å². The van der Waals surface area contributed by atoms with Gasteiger partial charge in [-0.05, 0) is 24.6 Å². The molecule has 6 nitrogen and oxygen atoms in total. The Morgan fingerprint density at radius 1 is 1.11 bits per heavy atom. The van der Waals surface area contributed by atoms with Crippen molar-refractivity contribution in [1.82, 2.24) is 24.3 Å². The molecule has 0 aliphatic carbocycles. The minimum atomic E-state index is -0.121. The smallest absolute Gasteiger partial charge is 0.252 e. The second kappa shape index (κ2) is 8.23. The minimum Gasteiger partial charge on any atom is -0.352 e. The summed E-state index contributed by atoms with van der Waals surface area (Å²) in [5, 5.41) is 2.96. The highest BCUT2D eigenvalue weighted by Crippen LogP contribution is 2.12. The molecule has 0 aliphatic rings. The molecule has 0 saturated heterocycles. The van der Waals surface area contributed by atoms with E-state index < -0.39 is 0 Å². The number of pyridine rings is 1. The number of aromatic nitrogens is 4. The van der Waals surface area contributed by atoms with Crippen molar-refractivity contribution in [1.29, 1.82) is 0 Å². The number of rotatable bonds is 5. The maximum Gasteiger partial charge on any atom is 0.252 e. The first kappa shape index (κ1) is 17.6. The number of nitrogens with zero attached hydrogens (tertiary/aromatic N) is 4. The van der Waals surface area contributed by atoms with E-state index in [1.54, 1.807) is 31.0 Å². The zero-order valence-corrected chi connectivity index (χ0v) is 15.2. The number of aryl methyl sites for hydroxylation is 1. The molecule has 0 radical (unpaired) electrons. The van der Waals surface area contributed by atoms with Crippen molar-refractivity contribution in [2.24, 2.45) is 0 Å². The Labute approximate surface area is 162 Å². The molecule has 4 aromatic rings. The minimum absolute atomic E-state index is 0.121. The summed E-state index contributed by atoms with van der Waals surface area (Å²) in [4.78, 5) is 21.0. The SMILES string of the molecule is O=C(NCCCn1ccnc1)c1cc(C#Cc2ccccc2)c2nccn2c1. The summed E-state index contributed by atoms with van der Waals surface area (Å²) in [6.45, 7) is 1.40. The Balaban J connectivity index is 1.49. The Morgan fingerprint density at radius 3 is 2.82 bits per heavy atom. The highest BCUT2D eigenvalue weighted by Gasteiger charge is 2.10. The third-order valence-corrected chi connectivity index (χ3v) is 4.30. The van der Waals surface area contributed by atoms with Gasteiger partial charge in [0.2, 0.25) is 0 Å². The molecule has 0 fully saturated rings. The van der Waals surface area contributed by atoms with Gasteiger partial charge < -0.3 is 14.3 Å². The predicted molar refractivity (Wildman–Crippen MR) is 107 cm³/mol. The summed E-state index contributed by atoms with van der Waals surface area (Å²) in [7, 11) is 0. The van der Waals surface area contributed by atoms with E-state index in [2.05, 4.69) is 27.1 Å². The van der Waals surface area contributed by atoms with Crippen LogP contribution < -0.4 is 5.32 Å². The number of hydrogen-bond donors (Lipinski definition) is 1. The monoisotopic (exact) mass is 369 g/mol. The number of hydrogen-bond acceptors (Lipinski definition) is 3. The molecule has 28 heavy (non-hydrogen) atoms. The zero-order chi connectivity index (χ0) is 19.2. The van der Waals surface area contributed by atoms with E-state index >= 15 is 0 Å². The molecule has 0 unspecified atom stereocenters. The average Bonchev–Trinajstić information content (AvgIpc) is 3.41. The van der Waals surface area contributed by atoms with E-state index in [9.17, 15) is 4.79 Å². The second-order valence-corrected chi connectivity index (χ2v) is 6.33. The highest BCUT2D eigenvalue weighted by atomic mass is 16.1. The molecular formula is C22H19N5O. The van der Waals surface area contributed by atoms with Gasteiger partial charge in [0.15, 0.2) is 5.65 Å². The topological polar surface area (TPSA) is 64.2 Å². The molecular weight excluding hydrogens is 350 g/mol. The number of benzene rings is 1. The molecule has 0 spiro atoms. The van der Waals surface area contributed by atoms with Gasteiger partial charge in [-0.25, -0.2) is 9.97 Å². The van der Waals surface area contributed by atoms with Gasteiger partial charge in [0.05, 0.1) is 17.5 Å². The van der Waals surface area contributed by atoms with Gasteiger partial charge in [-0.15, -0.1) is 0 Å². The molecule has 1 amide bonds. The first-order valence-corrected chi connectivity index (χ1v) is 9.07. The van der Waals surface area contributed by atoms with E-state index in [0.717, 1.165) is 29.7 Å². The second-order valence-electron chi connectivity index (χ2n) is 6.33. The number of imidazole rings is 2. The van der Waals surface area contributed by atoms with E-state index in [0.29, 0.717) is 12.1 Å². The van der Waals surface area contributed by atoms with Crippen LogP contribution in [0.1, 0.15) is 27.9 Å². The number of amides is 1. The van der Waals surface area contributed by atoms with E-state index in [4.69, 9.17) is 0 Å². The fourth-order valence-corrected chi connectivity index (χ4v) is 2.89. The molecule has 0 saturated carbocycles. The average molecular weight is 369 g/mol. The van der Waals surface area contributed by atoms with Crippen LogP contribution in [0.25, 0.3) is 5.65 Å². The number of carbonyl (C=O) groups excluding carboxylic acids is 1. The normalized spacial score (nSPS) is 10.4. The summed E-state index contributed by atoms with van der Waals surface area (Å²) in [5.74, 6) is 6.16. The number of nitrogens with one attached hydrogen (secondary N) is 1. The number of fused-ring (bicyclic) bond motifs is 1. The third-order valence-electron chi connectivity index (χ3n) is 4.30. The fourth-order valence-electron chi connectivity index (χ4n) is 2.89. The quantitative estimate of drug-likeness (QED) is 0.435. The largest absolute Gasteiger partial charge is 0.352 e. The fraction of sp³-hybridized carbons (Fsp3) is 0.136. The molecule has 3 heterocycles. The van der Waals surface area contributed by atoms with Gasteiger partial charge in [-0.2, -0.15) is 0 Å². The maximum absolute atomic E-state index is 12.6. The standard InChI is InChI=1S/C22H19N5O/c28-22(25-9-4-12-26-13-10-23-17-26)20-15-19(21-24-11-14-27(21)16-20)8-7-18-5-2-1-3-6-18/h1-3,5-6,10-11,13-17H,4,9,12H2,(H,25,28). The van der Waals surface area contributed by atoms with Crippen LogP contribution in [0.15, 0.2) is 73.7 Å². The first-order valence-electron chi connectivity index (χ1n) is 9.07.